The first-order valence-electron chi connectivity index (χ1n) is 6.12. The van der Waals surface area contributed by atoms with Crippen molar-refractivity contribution in [3.63, 3.8) is 0 Å². The molecule has 1 aliphatic heterocycles. The molecule has 2 unspecified atom stereocenters. The van der Waals surface area contributed by atoms with Crippen LogP contribution in [0.15, 0.2) is 18.2 Å². The molecule has 1 aromatic carbocycles. The molecule has 19 heavy (non-hydrogen) atoms. The van der Waals surface area contributed by atoms with Crippen LogP contribution in [-0.4, -0.2) is 18.5 Å². The second kappa shape index (κ2) is 4.96. The molecule has 1 aliphatic rings. The van der Waals surface area contributed by atoms with Crippen LogP contribution in [0.1, 0.15) is 34.8 Å². The number of carbonyl (C=O) groups excluding carboxylic acids is 1. The molecule has 0 aromatic heterocycles. The van der Waals surface area contributed by atoms with E-state index < -0.39 is 11.7 Å². The van der Waals surface area contributed by atoms with Crippen LogP contribution in [0.3, 0.4) is 0 Å². The van der Waals surface area contributed by atoms with E-state index >= 15 is 0 Å². The maximum atomic E-state index is 12.5. The summed E-state index contributed by atoms with van der Waals surface area (Å²) in [7, 11) is 0. The summed E-state index contributed by atoms with van der Waals surface area (Å²) < 4.78 is 43.0. The molecule has 104 valence electrons. The predicted molar refractivity (Wildman–Crippen MR) is 64.0 cm³/mol. The highest BCUT2D eigenvalue weighted by Gasteiger charge is 2.33. The van der Waals surface area contributed by atoms with Crippen molar-refractivity contribution in [3.05, 3.63) is 34.9 Å². The van der Waals surface area contributed by atoms with Gasteiger partial charge in [-0.15, -0.1) is 0 Å². The summed E-state index contributed by atoms with van der Waals surface area (Å²) in [6.45, 7) is 3.76. The lowest BCUT2D eigenvalue weighted by atomic mass is 9.92. The monoisotopic (exact) mass is 272 g/mol. The van der Waals surface area contributed by atoms with Gasteiger partial charge in [0.2, 0.25) is 0 Å². The largest absolute Gasteiger partial charge is 0.416 e. The second-order valence-electron chi connectivity index (χ2n) is 4.97. The highest BCUT2D eigenvalue weighted by molar-refractivity contribution is 5.99. The fourth-order valence-corrected chi connectivity index (χ4v) is 2.34. The van der Waals surface area contributed by atoms with Crippen LogP contribution in [0.4, 0.5) is 13.2 Å². The number of benzene rings is 1. The zero-order valence-electron chi connectivity index (χ0n) is 10.8. The lowest BCUT2D eigenvalue weighted by Gasteiger charge is -2.12. The Morgan fingerprint density at radius 1 is 1.37 bits per heavy atom. The molecule has 0 aliphatic carbocycles. The number of halogens is 3. The van der Waals surface area contributed by atoms with Crippen molar-refractivity contribution in [1.82, 2.24) is 0 Å². The topological polar surface area (TPSA) is 26.3 Å². The van der Waals surface area contributed by atoms with E-state index in [-0.39, 0.29) is 17.8 Å². The lowest BCUT2D eigenvalue weighted by molar-refractivity contribution is -0.137. The third-order valence-electron chi connectivity index (χ3n) is 3.39. The fraction of sp³-hybridized carbons (Fsp3) is 0.500. The summed E-state index contributed by atoms with van der Waals surface area (Å²) >= 11 is 0. The second-order valence-corrected chi connectivity index (χ2v) is 4.97. The minimum absolute atomic E-state index is 0.0312. The van der Waals surface area contributed by atoms with Gasteiger partial charge in [-0.05, 0) is 38.0 Å². The first kappa shape index (κ1) is 14.1. The molecule has 0 radical (unpaired) electrons. The van der Waals surface area contributed by atoms with Gasteiger partial charge >= 0.3 is 6.18 Å². The van der Waals surface area contributed by atoms with Gasteiger partial charge in [-0.3, -0.25) is 4.79 Å². The quantitative estimate of drug-likeness (QED) is 0.769. The van der Waals surface area contributed by atoms with Gasteiger partial charge in [0.1, 0.15) is 0 Å². The molecule has 1 saturated heterocycles. The fourth-order valence-electron chi connectivity index (χ4n) is 2.34. The van der Waals surface area contributed by atoms with E-state index in [1.165, 1.54) is 13.0 Å². The Morgan fingerprint density at radius 2 is 2.05 bits per heavy atom. The Balaban J connectivity index is 2.24. The number of alkyl halides is 3. The van der Waals surface area contributed by atoms with Gasteiger partial charge in [0, 0.05) is 11.5 Å². The summed E-state index contributed by atoms with van der Waals surface area (Å²) in [4.78, 5) is 12.2. The number of Topliss-reactive ketones (excluding diaryl/α,β-unsaturated/α-hetero) is 1. The van der Waals surface area contributed by atoms with Crippen LogP contribution >= 0.6 is 0 Å². The van der Waals surface area contributed by atoms with E-state index in [0.717, 1.165) is 12.1 Å². The number of aryl methyl sites for hydroxylation is 1. The SMILES string of the molecule is Cc1cc(C(F)(F)F)ccc1C(=O)C1COC(C)C1. The van der Waals surface area contributed by atoms with Gasteiger partial charge in [-0.1, -0.05) is 6.07 Å². The van der Waals surface area contributed by atoms with Crippen molar-refractivity contribution in [1.29, 1.82) is 0 Å². The number of hydrogen-bond acceptors (Lipinski definition) is 2. The van der Waals surface area contributed by atoms with Crippen LogP contribution in [0.5, 0.6) is 0 Å². The van der Waals surface area contributed by atoms with Crippen molar-refractivity contribution < 1.29 is 22.7 Å². The molecule has 0 spiro atoms. The molecule has 2 nitrogen and oxygen atoms in total. The Labute approximate surface area is 109 Å². The van der Waals surface area contributed by atoms with Crippen molar-refractivity contribution in [2.24, 2.45) is 5.92 Å². The molecule has 2 atom stereocenters. The average molecular weight is 272 g/mol. The molecule has 0 amide bonds. The van der Waals surface area contributed by atoms with Gasteiger partial charge in [0.05, 0.1) is 18.3 Å². The van der Waals surface area contributed by atoms with Gasteiger partial charge in [-0.2, -0.15) is 13.2 Å². The molecular formula is C14H15F3O2. The Morgan fingerprint density at radius 3 is 2.53 bits per heavy atom. The number of ether oxygens (including phenoxy) is 1. The van der Waals surface area contributed by atoms with Gasteiger partial charge < -0.3 is 4.74 Å². The molecule has 0 saturated carbocycles. The third kappa shape index (κ3) is 2.97. The Hall–Kier alpha value is -1.36. The summed E-state index contributed by atoms with van der Waals surface area (Å²) in [5.41, 5.74) is -0.00679. The third-order valence-corrected chi connectivity index (χ3v) is 3.39. The highest BCUT2D eigenvalue weighted by atomic mass is 19.4. The maximum Gasteiger partial charge on any atom is 0.416 e. The first-order chi connectivity index (χ1) is 8.79. The minimum Gasteiger partial charge on any atom is -0.378 e. The Bertz CT molecular complexity index is 494. The molecule has 5 heteroatoms. The summed E-state index contributed by atoms with van der Waals surface area (Å²) in [6.07, 6.45) is -3.72. The summed E-state index contributed by atoms with van der Waals surface area (Å²) in [6, 6.07) is 3.25. The molecule has 0 N–H and O–H groups in total. The van der Waals surface area contributed by atoms with Crippen LogP contribution in [0.2, 0.25) is 0 Å². The van der Waals surface area contributed by atoms with Crippen LogP contribution in [0.25, 0.3) is 0 Å². The zero-order valence-corrected chi connectivity index (χ0v) is 10.8. The minimum atomic E-state index is -4.38. The number of ketones is 1. The van der Waals surface area contributed by atoms with Crippen molar-refractivity contribution in [2.45, 2.75) is 32.5 Å². The van der Waals surface area contributed by atoms with E-state index in [9.17, 15) is 18.0 Å². The van der Waals surface area contributed by atoms with Crippen LogP contribution in [0, 0.1) is 12.8 Å². The smallest absolute Gasteiger partial charge is 0.378 e. The van der Waals surface area contributed by atoms with Crippen molar-refractivity contribution in [3.8, 4) is 0 Å². The van der Waals surface area contributed by atoms with Crippen molar-refractivity contribution >= 4 is 5.78 Å². The standard InChI is InChI=1S/C14H15F3O2/c1-8-5-11(14(15,16)17)3-4-12(8)13(18)10-6-9(2)19-7-10/h3-5,9-10H,6-7H2,1-2H3. The maximum absolute atomic E-state index is 12.5. The van der Waals surface area contributed by atoms with E-state index in [4.69, 9.17) is 4.74 Å². The predicted octanol–water partition coefficient (Wildman–Crippen LogP) is 3.62. The first-order valence-corrected chi connectivity index (χ1v) is 6.12. The lowest BCUT2D eigenvalue weighted by Crippen LogP contribution is -2.17. The van der Waals surface area contributed by atoms with Crippen LogP contribution < -0.4 is 0 Å². The molecule has 1 fully saturated rings. The van der Waals surface area contributed by atoms with E-state index in [1.807, 2.05) is 6.92 Å². The average Bonchev–Trinajstić information content (AvgIpc) is 2.73. The molecular weight excluding hydrogens is 257 g/mol. The van der Waals surface area contributed by atoms with Gasteiger partial charge in [-0.25, -0.2) is 0 Å². The molecule has 1 aromatic rings. The van der Waals surface area contributed by atoms with Crippen molar-refractivity contribution in [2.75, 3.05) is 6.61 Å². The van der Waals surface area contributed by atoms with E-state index in [0.29, 0.717) is 24.2 Å². The highest BCUT2D eigenvalue weighted by Crippen LogP contribution is 2.31. The van der Waals surface area contributed by atoms with Gasteiger partial charge in [0.25, 0.3) is 0 Å². The normalized spacial score (nSPS) is 23.6. The van der Waals surface area contributed by atoms with E-state index in [1.54, 1.807) is 0 Å². The summed E-state index contributed by atoms with van der Waals surface area (Å²) in [5, 5.41) is 0. The van der Waals surface area contributed by atoms with E-state index in [2.05, 4.69) is 0 Å². The molecule has 2 rings (SSSR count). The number of hydrogen-bond donors (Lipinski definition) is 0. The Kier molecular flexibility index (Phi) is 3.67. The number of carbonyl (C=O) groups is 1. The molecule has 1 heterocycles. The van der Waals surface area contributed by atoms with Gasteiger partial charge in [0.15, 0.2) is 5.78 Å². The zero-order chi connectivity index (χ0) is 14.2. The summed E-state index contributed by atoms with van der Waals surface area (Å²) in [5.74, 6) is -0.374. The van der Waals surface area contributed by atoms with Crippen LogP contribution in [-0.2, 0) is 10.9 Å². The number of rotatable bonds is 2. The molecule has 0 bridgehead atoms.